The average molecular weight is 292 g/mol. The molecular formula is C15H20N2O4. The van der Waals surface area contributed by atoms with E-state index in [2.05, 4.69) is 5.32 Å². The first-order valence-corrected chi connectivity index (χ1v) is 6.96. The Bertz CT molecular complexity index is 496. The predicted molar refractivity (Wildman–Crippen MR) is 76.9 cm³/mol. The molecule has 2 N–H and O–H groups in total. The molecule has 2 amide bonds. The minimum absolute atomic E-state index is 0.0560. The van der Waals surface area contributed by atoms with Crippen molar-refractivity contribution in [2.24, 2.45) is 0 Å². The molecule has 1 saturated heterocycles. The first kappa shape index (κ1) is 15.3. The average Bonchev–Trinajstić information content (AvgIpc) is 2.44. The topological polar surface area (TPSA) is 78.9 Å². The van der Waals surface area contributed by atoms with Crippen molar-refractivity contribution in [1.29, 1.82) is 0 Å². The van der Waals surface area contributed by atoms with Crippen LogP contribution in [-0.4, -0.2) is 47.3 Å². The maximum atomic E-state index is 12.3. The van der Waals surface area contributed by atoms with Gasteiger partial charge in [0.1, 0.15) is 0 Å². The summed E-state index contributed by atoms with van der Waals surface area (Å²) in [6.07, 6.45) is -0.112. The molecule has 1 aromatic carbocycles. The molecule has 2 rings (SSSR count). The van der Waals surface area contributed by atoms with Crippen LogP contribution in [0.2, 0.25) is 0 Å². The Balaban J connectivity index is 2.07. The van der Waals surface area contributed by atoms with Crippen LogP contribution in [-0.2, 0) is 9.53 Å². The number of ether oxygens (including phenoxy) is 1. The fraction of sp³-hybridized carbons (Fsp3) is 0.467. The van der Waals surface area contributed by atoms with Crippen LogP contribution in [0.25, 0.3) is 0 Å². The van der Waals surface area contributed by atoms with Crippen LogP contribution in [0.5, 0.6) is 0 Å². The molecule has 6 heteroatoms. The van der Waals surface area contributed by atoms with Crippen molar-refractivity contribution in [2.45, 2.75) is 32.1 Å². The van der Waals surface area contributed by atoms with Gasteiger partial charge in [0.05, 0.1) is 12.2 Å². The molecule has 1 aromatic rings. The van der Waals surface area contributed by atoms with E-state index in [1.165, 1.54) is 0 Å². The van der Waals surface area contributed by atoms with E-state index >= 15 is 0 Å². The summed E-state index contributed by atoms with van der Waals surface area (Å²) in [5.74, 6) is -1.08. The molecule has 1 fully saturated rings. The lowest BCUT2D eigenvalue weighted by molar-refractivity contribution is -0.139. The summed E-state index contributed by atoms with van der Waals surface area (Å²) in [6, 6.07) is 7.23. The van der Waals surface area contributed by atoms with Crippen molar-refractivity contribution < 1.29 is 19.4 Å². The fourth-order valence-corrected chi connectivity index (χ4v) is 2.49. The van der Waals surface area contributed by atoms with Crippen LogP contribution < -0.4 is 5.32 Å². The van der Waals surface area contributed by atoms with Crippen molar-refractivity contribution in [3.05, 3.63) is 35.9 Å². The minimum Gasteiger partial charge on any atom is -0.479 e. The molecule has 1 heterocycles. The number of carbonyl (C=O) groups is 2. The largest absolute Gasteiger partial charge is 0.479 e. The van der Waals surface area contributed by atoms with Crippen molar-refractivity contribution in [1.82, 2.24) is 10.2 Å². The lowest BCUT2D eigenvalue weighted by Gasteiger charge is -2.35. The summed E-state index contributed by atoms with van der Waals surface area (Å²) >= 11 is 0. The van der Waals surface area contributed by atoms with E-state index in [0.29, 0.717) is 18.7 Å². The Kier molecular flexibility index (Phi) is 4.80. The number of carboxylic acid groups (broad SMARTS) is 1. The SMILES string of the molecule is CC1CN(C(=O)N[C@H](C(=O)O)c2ccccc2)CC(C)O1. The Morgan fingerprint density at radius 1 is 1.24 bits per heavy atom. The number of carboxylic acids is 1. The van der Waals surface area contributed by atoms with Gasteiger partial charge in [0.15, 0.2) is 6.04 Å². The smallest absolute Gasteiger partial charge is 0.330 e. The number of urea groups is 1. The number of nitrogens with one attached hydrogen (secondary N) is 1. The number of hydrogen-bond acceptors (Lipinski definition) is 3. The van der Waals surface area contributed by atoms with Gasteiger partial charge < -0.3 is 20.1 Å². The minimum atomic E-state index is -1.08. The van der Waals surface area contributed by atoms with Crippen LogP contribution in [0.3, 0.4) is 0 Å². The number of nitrogens with zero attached hydrogens (tertiary/aromatic N) is 1. The summed E-state index contributed by atoms with van der Waals surface area (Å²) < 4.78 is 5.57. The second kappa shape index (κ2) is 6.58. The third-order valence-electron chi connectivity index (χ3n) is 3.35. The third kappa shape index (κ3) is 3.95. The zero-order valence-electron chi connectivity index (χ0n) is 12.2. The standard InChI is InChI=1S/C15H20N2O4/c1-10-8-17(9-11(2)21-10)15(20)16-13(14(18)19)12-6-4-3-5-7-12/h3-7,10-11,13H,8-9H2,1-2H3,(H,16,20)(H,18,19)/t10?,11?,13-/m0/s1. The number of hydrogen-bond donors (Lipinski definition) is 2. The highest BCUT2D eigenvalue weighted by Crippen LogP contribution is 2.15. The van der Waals surface area contributed by atoms with Gasteiger partial charge >= 0.3 is 12.0 Å². The highest BCUT2D eigenvalue weighted by Gasteiger charge is 2.29. The van der Waals surface area contributed by atoms with E-state index in [1.807, 2.05) is 13.8 Å². The number of carbonyl (C=O) groups excluding carboxylic acids is 1. The van der Waals surface area contributed by atoms with Gasteiger partial charge in [0.25, 0.3) is 0 Å². The van der Waals surface area contributed by atoms with Gasteiger partial charge in [-0.25, -0.2) is 9.59 Å². The van der Waals surface area contributed by atoms with E-state index in [1.54, 1.807) is 35.2 Å². The van der Waals surface area contributed by atoms with Crippen molar-refractivity contribution in [2.75, 3.05) is 13.1 Å². The van der Waals surface area contributed by atoms with E-state index < -0.39 is 12.0 Å². The summed E-state index contributed by atoms with van der Waals surface area (Å²) in [4.78, 5) is 25.3. The Hall–Kier alpha value is -2.08. The Morgan fingerprint density at radius 3 is 2.33 bits per heavy atom. The number of benzene rings is 1. The zero-order valence-corrected chi connectivity index (χ0v) is 12.2. The number of rotatable bonds is 3. The quantitative estimate of drug-likeness (QED) is 0.887. The molecule has 0 spiro atoms. The Morgan fingerprint density at radius 2 is 1.81 bits per heavy atom. The van der Waals surface area contributed by atoms with E-state index in [-0.39, 0.29) is 18.2 Å². The molecule has 0 radical (unpaired) electrons. The lowest BCUT2D eigenvalue weighted by atomic mass is 10.1. The third-order valence-corrected chi connectivity index (χ3v) is 3.35. The van der Waals surface area contributed by atoms with Crippen LogP contribution in [0.4, 0.5) is 4.79 Å². The van der Waals surface area contributed by atoms with Gasteiger partial charge in [-0.3, -0.25) is 0 Å². The molecule has 2 unspecified atom stereocenters. The molecule has 6 nitrogen and oxygen atoms in total. The zero-order chi connectivity index (χ0) is 15.4. The first-order chi connectivity index (χ1) is 9.97. The van der Waals surface area contributed by atoms with Gasteiger partial charge in [-0.2, -0.15) is 0 Å². The van der Waals surface area contributed by atoms with E-state index in [0.717, 1.165) is 0 Å². The molecule has 0 bridgehead atoms. The van der Waals surface area contributed by atoms with Crippen molar-refractivity contribution in [3.63, 3.8) is 0 Å². The van der Waals surface area contributed by atoms with Gasteiger partial charge in [-0.1, -0.05) is 30.3 Å². The van der Waals surface area contributed by atoms with Crippen LogP contribution >= 0.6 is 0 Å². The van der Waals surface area contributed by atoms with Crippen LogP contribution in [0.15, 0.2) is 30.3 Å². The molecule has 3 atom stereocenters. The molecule has 0 aliphatic carbocycles. The lowest BCUT2D eigenvalue weighted by Crippen LogP contribution is -2.52. The molecule has 0 saturated carbocycles. The first-order valence-electron chi connectivity index (χ1n) is 6.96. The molecule has 21 heavy (non-hydrogen) atoms. The highest BCUT2D eigenvalue weighted by molar-refractivity contribution is 5.83. The van der Waals surface area contributed by atoms with Crippen molar-refractivity contribution >= 4 is 12.0 Å². The maximum Gasteiger partial charge on any atom is 0.330 e. The molecule has 1 aliphatic heterocycles. The summed E-state index contributed by atoms with van der Waals surface area (Å²) in [5.41, 5.74) is 0.549. The second-order valence-electron chi connectivity index (χ2n) is 5.29. The van der Waals surface area contributed by atoms with Gasteiger partial charge in [-0.05, 0) is 19.4 Å². The molecular weight excluding hydrogens is 272 g/mol. The predicted octanol–water partition coefficient (Wildman–Crippen LogP) is 1.63. The fourth-order valence-electron chi connectivity index (χ4n) is 2.49. The van der Waals surface area contributed by atoms with Crippen LogP contribution in [0.1, 0.15) is 25.5 Å². The van der Waals surface area contributed by atoms with Gasteiger partial charge in [0.2, 0.25) is 0 Å². The number of amides is 2. The van der Waals surface area contributed by atoms with E-state index in [4.69, 9.17) is 4.74 Å². The molecule has 114 valence electrons. The normalized spacial score (nSPS) is 23.4. The number of aliphatic carboxylic acids is 1. The number of morpholine rings is 1. The van der Waals surface area contributed by atoms with Crippen molar-refractivity contribution in [3.8, 4) is 0 Å². The monoisotopic (exact) mass is 292 g/mol. The van der Waals surface area contributed by atoms with E-state index in [9.17, 15) is 14.7 Å². The molecule has 1 aliphatic rings. The maximum absolute atomic E-state index is 12.3. The molecule has 0 aromatic heterocycles. The highest BCUT2D eigenvalue weighted by atomic mass is 16.5. The summed E-state index contributed by atoms with van der Waals surface area (Å²) in [7, 11) is 0. The van der Waals surface area contributed by atoms with Gasteiger partial charge in [0, 0.05) is 13.1 Å². The van der Waals surface area contributed by atoms with Gasteiger partial charge in [-0.15, -0.1) is 0 Å². The second-order valence-corrected chi connectivity index (χ2v) is 5.29. The summed E-state index contributed by atoms with van der Waals surface area (Å²) in [5, 5.41) is 11.9. The van der Waals surface area contributed by atoms with Crippen LogP contribution in [0, 0.1) is 0 Å². The Labute approximate surface area is 123 Å². The summed E-state index contributed by atoms with van der Waals surface area (Å²) in [6.45, 7) is 4.69.